The van der Waals surface area contributed by atoms with Gasteiger partial charge in [-0.15, -0.1) is 6.58 Å². The van der Waals surface area contributed by atoms with Crippen LogP contribution < -0.4 is 5.32 Å². The van der Waals surface area contributed by atoms with Gasteiger partial charge in [0.1, 0.15) is 0 Å². The highest BCUT2D eigenvalue weighted by Crippen LogP contribution is 2.21. The van der Waals surface area contributed by atoms with E-state index in [1.54, 1.807) is 0 Å². The van der Waals surface area contributed by atoms with Crippen molar-refractivity contribution < 1.29 is 0 Å². The first-order valence-corrected chi connectivity index (χ1v) is 8.50. The molecule has 0 aliphatic carbocycles. The van der Waals surface area contributed by atoms with Crippen molar-refractivity contribution in [2.45, 2.75) is 52.7 Å². The number of halogens is 1. The fourth-order valence-corrected chi connectivity index (χ4v) is 2.72. The molecule has 0 heterocycles. The molecule has 0 saturated carbocycles. The summed E-state index contributed by atoms with van der Waals surface area (Å²) in [4.78, 5) is 2.42. The highest BCUT2D eigenvalue weighted by molar-refractivity contribution is 9.10. The van der Waals surface area contributed by atoms with Crippen LogP contribution in [0.3, 0.4) is 0 Å². The summed E-state index contributed by atoms with van der Waals surface area (Å²) in [6.45, 7) is 16.5. The maximum Gasteiger partial charge on any atom is 0.0248 e. The number of nitrogens with one attached hydrogen (secondary N) is 1. The molecule has 0 spiro atoms. The third-order valence-electron chi connectivity index (χ3n) is 3.26. The van der Waals surface area contributed by atoms with Crippen molar-refractivity contribution in [3.63, 3.8) is 0 Å². The van der Waals surface area contributed by atoms with E-state index in [1.165, 1.54) is 22.0 Å². The van der Waals surface area contributed by atoms with E-state index in [0.29, 0.717) is 0 Å². The van der Waals surface area contributed by atoms with E-state index < -0.39 is 0 Å². The van der Waals surface area contributed by atoms with Crippen molar-refractivity contribution in [2.24, 2.45) is 0 Å². The van der Waals surface area contributed by atoms with Gasteiger partial charge in [-0.3, -0.25) is 4.90 Å². The monoisotopic (exact) mass is 352 g/mol. The fourth-order valence-electron chi connectivity index (χ4n) is 2.17. The van der Waals surface area contributed by atoms with Gasteiger partial charge in [0.15, 0.2) is 0 Å². The number of nitrogens with zero attached hydrogens (tertiary/aromatic N) is 1. The predicted octanol–water partition coefficient (Wildman–Crippen LogP) is 4.74. The first-order chi connectivity index (χ1) is 9.85. The van der Waals surface area contributed by atoms with Crippen LogP contribution in [0.25, 0.3) is 0 Å². The Labute approximate surface area is 138 Å². The molecular formula is C18H29BrN2. The summed E-state index contributed by atoms with van der Waals surface area (Å²) in [6.07, 6.45) is 3.14. The van der Waals surface area contributed by atoms with Gasteiger partial charge < -0.3 is 5.32 Å². The summed E-state index contributed by atoms with van der Waals surface area (Å²) in [7, 11) is 0. The highest BCUT2D eigenvalue weighted by Gasteiger charge is 2.10. The Bertz CT molecular complexity index is 449. The van der Waals surface area contributed by atoms with Gasteiger partial charge in [0.05, 0.1) is 0 Å². The molecule has 0 aromatic heterocycles. The SMILES string of the molecule is C=CCN(CCC)Cc1ccc(CNC(C)(C)C)cc1Br. The van der Waals surface area contributed by atoms with Crippen molar-refractivity contribution in [3.05, 3.63) is 46.5 Å². The van der Waals surface area contributed by atoms with Crippen LogP contribution in [0.2, 0.25) is 0 Å². The molecule has 118 valence electrons. The zero-order chi connectivity index (χ0) is 15.9. The lowest BCUT2D eigenvalue weighted by molar-refractivity contribution is 0.294. The average Bonchev–Trinajstić information content (AvgIpc) is 2.39. The molecule has 0 bridgehead atoms. The Balaban J connectivity index is 2.70. The molecule has 1 N–H and O–H groups in total. The van der Waals surface area contributed by atoms with Crippen molar-refractivity contribution in [1.82, 2.24) is 10.2 Å². The Kier molecular flexibility index (Phi) is 7.64. The number of rotatable bonds is 8. The van der Waals surface area contributed by atoms with Crippen LogP contribution in [-0.4, -0.2) is 23.5 Å². The molecule has 1 aromatic carbocycles. The molecule has 0 amide bonds. The molecule has 3 heteroatoms. The smallest absolute Gasteiger partial charge is 0.0248 e. The molecule has 0 saturated heterocycles. The van der Waals surface area contributed by atoms with E-state index in [0.717, 1.165) is 26.2 Å². The van der Waals surface area contributed by atoms with Gasteiger partial charge in [-0.2, -0.15) is 0 Å². The minimum absolute atomic E-state index is 0.146. The van der Waals surface area contributed by atoms with Crippen molar-refractivity contribution >= 4 is 15.9 Å². The Morgan fingerprint density at radius 2 is 2.05 bits per heavy atom. The molecular weight excluding hydrogens is 324 g/mol. The average molecular weight is 353 g/mol. The van der Waals surface area contributed by atoms with Crippen molar-refractivity contribution in [1.29, 1.82) is 0 Å². The minimum atomic E-state index is 0.146. The van der Waals surface area contributed by atoms with E-state index in [9.17, 15) is 0 Å². The lowest BCUT2D eigenvalue weighted by atomic mass is 10.1. The second kappa shape index (κ2) is 8.72. The molecule has 1 rings (SSSR count). The highest BCUT2D eigenvalue weighted by atomic mass is 79.9. The fraction of sp³-hybridized carbons (Fsp3) is 0.556. The Morgan fingerprint density at radius 1 is 1.33 bits per heavy atom. The van der Waals surface area contributed by atoms with Crippen LogP contribution in [0.4, 0.5) is 0 Å². The molecule has 0 unspecified atom stereocenters. The summed E-state index contributed by atoms with van der Waals surface area (Å²) in [5, 5.41) is 3.52. The maximum absolute atomic E-state index is 3.85. The van der Waals surface area contributed by atoms with Crippen LogP contribution in [0.1, 0.15) is 45.2 Å². The number of hydrogen-bond donors (Lipinski definition) is 1. The summed E-state index contributed by atoms with van der Waals surface area (Å²) in [5.74, 6) is 0. The maximum atomic E-state index is 3.85. The first-order valence-electron chi connectivity index (χ1n) is 7.71. The lowest BCUT2D eigenvalue weighted by Crippen LogP contribution is -2.35. The first kappa shape index (κ1) is 18.4. The molecule has 0 fully saturated rings. The van der Waals surface area contributed by atoms with Crippen LogP contribution in [0, 0.1) is 0 Å². The van der Waals surface area contributed by atoms with Crippen LogP contribution in [0.15, 0.2) is 35.3 Å². The molecule has 0 radical (unpaired) electrons. The minimum Gasteiger partial charge on any atom is -0.308 e. The Hall–Kier alpha value is -0.640. The molecule has 21 heavy (non-hydrogen) atoms. The van der Waals surface area contributed by atoms with Gasteiger partial charge in [-0.1, -0.05) is 41.1 Å². The van der Waals surface area contributed by atoms with E-state index in [-0.39, 0.29) is 5.54 Å². The number of benzene rings is 1. The second-order valence-corrected chi connectivity index (χ2v) is 7.41. The molecule has 0 aliphatic rings. The van der Waals surface area contributed by atoms with Gasteiger partial charge in [0.25, 0.3) is 0 Å². The largest absolute Gasteiger partial charge is 0.308 e. The zero-order valence-corrected chi connectivity index (χ0v) is 15.5. The molecule has 0 aliphatic heterocycles. The number of hydrogen-bond acceptors (Lipinski definition) is 2. The topological polar surface area (TPSA) is 15.3 Å². The summed E-state index contributed by atoms with van der Waals surface area (Å²) < 4.78 is 1.20. The standard InChI is InChI=1S/C18H29BrN2/c1-6-10-21(11-7-2)14-16-9-8-15(12-17(16)19)13-20-18(3,4)5/h6,8-9,12,20H,1,7,10-11,13-14H2,2-5H3. The van der Waals surface area contributed by atoms with Crippen LogP contribution >= 0.6 is 15.9 Å². The normalized spacial score (nSPS) is 11.9. The zero-order valence-electron chi connectivity index (χ0n) is 13.9. The van der Waals surface area contributed by atoms with Crippen LogP contribution in [-0.2, 0) is 13.1 Å². The Morgan fingerprint density at radius 3 is 2.57 bits per heavy atom. The quantitative estimate of drug-likeness (QED) is 0.680. The van der Waals surface area contributed by atoms with Crippen molar-refractivity contribution in [3.8, 4) is 0 Å². The van der Waals surface area contributed by atoms with Crippen LogP contribution in [0.5, 0.6) is 0 Å². The van der Waals surface area contributed by atoms with Crippen molar-refractivity contribution in [2.75, 3.05) is 13.1 Å². The van der Waals surface area contributed by atoms with E-state index in [1.807, 2.05) is 6.08 Å². The summed E-state index contributed by atoms with van der Waals surface area (Å²) in [6, 6.07) is 6.68. The van der Waals surface area contributed by atoms with E-state index >= 15 is 0 Å². The molecule has 2 nitrogen and oxygen atoms in total. The van der Waals surface area contributed by atoms with Gasteiger partial charge in [-0.25, -0.2) is 0 Å². The molecule has 1 aromatic rings. The van der Waals surface area contributed by atoms with Gasteiger partial charge >= 0.3 is 0 Å². The third-order valence-corrected chi connectivity index (χ3v) is 4.00. The van der Waals surface area contributed by atoms with E-state index in [4.69, 9.17) is 0 Å². The van der Waals surface area contributed by atoms with Gasteiger partial charge in [0, 0.05) is 29.6 Å². The summed E-state index contributed by atoms with van der Waals surface area (Å²) in [5.41, 5.74) is 2.80. The lowest BCUT2D eigenvalue weighted by Gasteiger charge is -2.22. The van der Waals surface area contributed by atoms with Gasteiger partial charge in [-0.05, 0) is 50.9 Å². The third kappa shape index (κ3) is 7.25. The predicted molar refractivity (Wildman–Crippen MR) is 96.5 cm³/mol. The molecule has 0 atom stereocenters. The van der Waals surface area contributed by atoms with E-state index in [2.05, 4.69) is 78.6 Å². The second-order valence-electron chi connectivity index (χ2n) is 6.55. The summed E-state index contributed by atoms with van der Waals surface area (Å²) >= 11 is 3.72. The van der Waals surface area contributed by atoms with Gasteiger partial charge in [0.2, 0.25) is 0 Å².